The third-order valence-electron chi connectivity index (χ3n) is 2.66. The lowest BCUT2D eigenvalue weighted by Gasteiger charge is -2.15. The number of fused-ring (bicyclic) bond motifs is 1. The standard InChI is InChI=1S/C12H7F2N3O3/c13-6-3-7(14)10-8(4-6)17(12(20)11(10)19)5-9(18)16-2-1-15/h3-4H,2,5H2,(H,16,18). The van der Waals surface area contributed by atoms with Crippen LogP contribution in [0.3, 0.4) is 0 Å². The largest absolute Gasteiger partial charge is 0.341 e. The van der Waals surface area contributed by atoms with Crippen LogP contribution in [0.2, 0.25) is 0 Å². The van der Waals surface area contributed by atoms with E-state index in [1.165, 1.54) is 0 Å². The number of ketones is 1. The second-order valence-electron chi connectivity index (χ2n) is 3.94. The lowest BCUT2D eigenvalue weighted by molar-refractivity contribution is -0.121. The number of nitrogens with zero attached hydrogens (tertiary/aromatic N) is 2. The molecule has 0 atom stereocenters. The Morgan fingerprint density at radius 3 is 2.70 bits per heavy atom. The van der Waals surface area contributed by atoms with Crippen molar-refractivity contribution < 1.29 is 23.2 Å². The van der Waals surface area contributed by atoms with E-state index in [1.807, 2.05) is 0 Å². The number of nitrogens with one attached hydrogen (secondary N) is 1. The molecule has 1 aliphatic heterocycles. The molecular weight excluding hydrogens is 272 g/mol. The highest BCUT2D eigenvalue weighted by Crippen LogP contribution is 2.31. The fraction of sp³-hybridized carbons (Fsp3) is 0.167. The number of hydrogen-bond donors (Lipinski definition) is 1. The van der Waals surface area contributed by atoms with Crippen LogP contribution in [0.25, 0.3) is 0 Å². The highest BCUT2D eigenvalue weighted by molar-refractivity contribution is 6.52. The van der Waals surface area contributed by atoms with E-state index >= 15 is 0 Å². The maximum atomic E-state index is 13.5. The first-order valence-corrected chi connectivity index (χ1v) is 5.44. The lowest BCUT2D eigenvalue weighted by Crippen LogP contribution is -2.40. The average molecular weight is 279 g/mol. The number of Topliss-reactive ketones (excluding diaryl/α,β-unsaturated/α-hetero) is 1. The summed E-state index contributed by atoms with van der Waals surface area (Å²) in [7, 11) is 0. The molecule has 0 spiro atoms. The van der Waals surface area contributed by atoms with Gasteiger partial charge in [-0.15, -0.1) is 0 Å². The number of anilines is 1. The number of amides is 2. The molecule has 1 aliphatic rings. The maximum Gasteiger partial charge on any atom is 0.300 e. The summed E-state index contributed by atoms with van der Waals surface area (Å²) in [5.74, 6) is -5.09. The van der Waals surface area contributed by atoms with Crippen molar-refractivity contribution in [2.24, 2.45) is 0 Å². The number of hydrogen-bond acceptors (Lipinski definition) is 4. The van der Waals surface area contributed by atoms with Gasteiger partial charge in [0, 0.05) is 6.07 Å². The molecule has 0 bridgehead atoms. The number of carbonyl (C=O) groups is 3. The molecule has 0 unspecified atom stereocenters. The van der Waals surface area contributed by atoms with Crippen LogP contribution in [0.1, 0.15) is 10.4 Å². The molecule has 1 heterocycles. The fourth-order valence-corrected chi connectivity index (χ4v) is 1.83. The van der Waals surface area contributed by atoms with Crippen molar-refractivity contribution >= 4 is 23.3 Å². The number of carbonyl (C=O) groups excluding carboxylic acids is 3. The minimum absolute atomic E-state index is 0.279. The van der Waals surface area contributed by atoms with Crippen LogP contribution in [-0.4, -0.2) is 30.7 Å². The van der Waals surface area contributed by atoms with Gasteiger partial charge >= 0.3 is 0 Å². The molecule has 0 aromatic heterocycles. The van der Waals surface area contributed by atoms with E-state index in [0.29, 0.717) is 11.0 Å². The van der Waals surface area contributed by atoms with Crippen LogP contribution in [0, 0.1) is 23.0 Å². The van der Waals surface area contributed by atoms with E-state index < -0.39 is 41.3 Å². The van der Waals surface area contributed by atoms with Gasteiger partial charge < -0.3 is 5.32 Å². The minimum atomic E-state index is -1.15. The summed E-state index contributed by atoms with van der Waals surface area (Å²) in [5.41, 5.74) is -0.839. The molecule has 8 heteroatoms. The normalized spacial score (nSPS) is 13.2. The van der Waals surface area contributed by atoms with Crippen molar-refractivity contribution in [3.63, 3.8) is 0 Å². The second kappa shape index (κ2) is 5.05. The van der Waals surface area contributed by atoms with Gasteiger partial charge in [-0.1, -0.05) is 0 Å². The van der Waals surface area contributed by atoms with E-state index in [-0.39, 0.29) is 12.2 Å². The summed E-state index contributed by atoms with van der Waals surface area (Å²) in [4.78, 5) is 35.4. The van der Waals surface area contributed by atoms with Crippen LogP contribution in [0.4, 0.5) is 14.5 Å². The molecule has 1 aromatic rings. The van der Waals surface area contributed by atoms with Gasteiger partial charge in [-0.2, -0.15) is 5.26 Å². The average Bonchev–Trinajstić information content (AvgIpc) is 2.61. The van der Waals surface area contributed by atoms with Crippen LogP contribution >= 0.6 is 0 Å². The minimum Gasteiger partial charge on any atom is -0.341 e. The molecule has 2 rings (SSSR count). The van der Waals surface area contributed by atoms with Gasteiger partial charge in [-0.05, 0) is 6.07 Å². The van der Waals surface area contributed by atoms with Gasteiger partial charge in [0.2, 0.25) is 5.91 Å². The first-order valence-electron chi connectivity index (χ1n) is 5.44. The van der Waals surface area contributed by atoms with Crippen molar-refractivity contribution in [3.05, 3.63) is 29.3 Å². The number of rotatable bonds is 3. The Balaban J connectivity index is 2.34. The zero-order valence-corrected chi connectivity index (χ0v) is 9.94. The summed E-state index contributed by atoms with van der Waals surface area (Å²) in [6.45, 7) is -0.874. The predicted molar refractivity (Wildman–Crippen MR) is 61.7 cm³/mol. The Hall–Kier alpha value is -2.82. The molecule has 0 radical (unpaired) electrons. The number of halogens is 2. The van der Waals surface area contributed by atoms with Crippen molar-refractivity contribution in [3.8, 4) is 6.07 Å². The van der Waals surface area contributed by atoms with Gasteiger partial charge in [0.15, 0.2) is 0 Å². The summed E-state index contributed by atoms with van der Waals surface area (Å²) >= 11 is 0. The van der Waals surface area contributed by atoms with Crippen molar-refractivity contribution in [2.45, 2.75) is 0 Å². The van der Waals surface area contributed by atoms with Crippen LogP contribution < -0.4 is 10.2 Å². The van der Waals surface area contributed by atoms with Gasteiger partial charge in [0.05, 0.1) is 17.3 Å². The Morgan fingerprint density at radius 1 is 1.35 bits per heavy atom. The molecule has 102 valence electrons. The second-order valence-corrected chi connectivity index (χ2v) is 3.94. The molecule has 0 saturated carbocycles. The SMILES string of the molecule is N#CCNC(=O)CN1C(=O)C(=O)c2c(F)cc(F)cc21. The molecule has 1 N–H and O–H groups in total. The summed E-state index contributed by atoms with van der Waals surface area (Å²) in [5, 5.41) is 10.5. The summed E-state index contributed by atoms with van der Waals surface area (Å²) < 4.78 is 26.7. The number of nitriles is 1. The molecule has 2 amide bonds. The monoisotopic (exact) mass is 279 g/mol. The fourth-order valence-electron chi connectivity index (χ4n) is 1.83. The smallest absolute Gasteiger partial charge is 0.300 e. The van der Waals surface area contributed by atoms with E-state index in [9.17, 15) is 23.2 Å². The third kappa shape index (κ3) is 2.21. The zero-order chi connectivity index (χ0) is 14.9. The highest BCUT2D eigenvalue weighted by Gasteiger charge is 2.39. The maximum absolute atomic E-state index is 13.5. The zero-order valence-electron chi connectivity index (χ0n) is 9.94. The van der Waals surface area contributed by atoms with Crippen LogP contribution in [0.5, 0.6) is 0 Å². The molecule has 6 nitrogen and oxygen atoms in total. The molecule has 0 fully saturated rings. The van der Waals surface area contributed by atoms with Crippen molar-refractivity contribution in [2.75, 3.05) is 18.0 Å². The number of benzene rings is 1. The lowest BCUT2D eigenvalue weighted by atomic mass is 10.1. The Morgan fingerprint density at radius 2 is 2.05 bits per heavy atom. The Labute approximate surface area is 111 Å². The molecule has 0 aliphatic carbocycles. The Bertz CT molecular complexity index is 667. The molecule has 20 heavy (non-hydrogen) atoms. The topological polar surface area (TPSA) is 90.3 Å². The Kier molecular flexibility index (Phi) is 3.43. The molecule has 1 aromatic carbocycles. The molecular formula is C12H7F2N3O3. The van der Waals surface area contributed by atoms with Gasteiger partial charge in [-0.3, -0.25) is 19.3 Å². The quantitative estimate of drug-likeness (QED) is 0.629. The van der Waals surface area contributed by atoms with E-state index in [2.05, 4.69) is 5.32 Å². The highest BCUT2D eigenvalue weighted by atomic mass is 19.1. The van der Waals surface area contributed by atoms with E-state index in [4.69, 9.17) is 5.26 Å². The summed E-state index contributed by atoms with van der Waals surface area (Å²) in [6.07, 6.45) is 0. The first-order chi connectivity index (χ1) is 9.45. The van der Waals surface area contributed by atoms with E-state index in [0.717, 1.165) is 6.07 Å². The van der Waals surface area contributed by atoms with Crippen LogP contribution in [0.15, 0.2) is 12.1 Å². The molecule has 0 saturated heterocycles. The third-order valence-corrected chi connectivity index (χ3v) is 2.66. The van der Waals surface area contributed by atoms with Crippen molar-refractivity contribution in [1.29, 1.82) is 5.26 Å². The van der Waals surface area contributed by atoms with Crippen LogP contribution in [-0.2, 0) is 9.59 Å². The van der Waals surface area contributed by atoms with Gasteiger partial charge in [-0.25, -0.2) is 8.78 Å². The predicted octanol–water partition coefficient (Wildman–Crippen LogP) is 0.134. The van der Waals surface area contributed by atoms with Crippen molar-refractivity contribution in [1.82, 2.24) is 5.32 Å². The van der Waals surface area contributed by atoms with Gasteiger partial charge in [0.25, 0.3) is 11.7 Å². The first kappa shape index (κ1) is 13.6. The summed E-state index contributed by atoms with van der Waals surface area (Å²) in [6, 6.07) is 2.95. The van der Waals surface area contributed by atoms with E-state index in [1.54, 1.807) is 6.07 Å². The van der Waals surface area contributed by atoms with Gasteiger partial charge in [0.1, 0.15) is 24.7 Å².